The molecule has 0 fully saturated rings. The normalized spacial score (nSPS) is 10.0. The zero-order valence-corrected chi connectivity index (χ0v) is 12.1. The third-order valence-electron chi connectivity index (χ3n) is 3.02. The van der Waals surface area contributed by atoms with Crippen molar-refractivity contribution in [3.8, 4) is 17.7 Å². The third-order valence-corrected chi connectivity index (χ3v) is 3.02. The molecule has 3 N–H and O–H groups in total. The molecule has 1 heterocycles. The molecule has 0 aliphatic carbocycles. The van der Waals surface area contributed by atoms with Crippen molar-refractivity contribution >= 4 is 5.82 Å². The molecule has 0 aliphatic rings. The Morgan fingerprint density at radius 1 is 1.29 bits per heavy atom. The molecular formula is C15H17N5O. The van der Waals surface area contributed by atoms with Gasteiger partial charge in [-0.3, -0.25) is 0 Å². The van der Waals surface area contributed by atoms with Gasteiger partial charge in [-0.15, -0.1) is 0 Å². The Balaban J connectivity index is 2.28. The van der Waals surface area contributed by atoms with E-state index in [9.17, 15) is 0 Å². The van der Waals surface area contributed by atoms with Gasteiger partial charge in [0.25, 0.3) is 0 Å². The van der Waals surface area contributed by atoms with Crippen LogP contribution in [0.4, 0.5) is 5.82 Å². The highest BCUT2D eigenvalue weighted by Gasteiger charge is 2.11. The van der Waals surface area contributed by atoms with Crippen LogP contribution in [-0.2, 0) is 12.8 Å². The summed E-state index contributed by atoms with van der Waals surface area (Å²) >= 11 is 0. The Morgan fingerprint density at radius 3 is 2.57 bits per heavy atom. The Bertz CT molecular complexity index is 661. The van der Waals surface area contributed by atoms with Crippen LogP contribution in [0.2, 0.25) is 0 Å². The molecule has 0 bridgehead atoms. The van der Waals surface area contributed by atoms with Crippen LogP contribution >= 0.6 is 0 Å². The van der Waals surface area contributed by atoms with Crippen LogP contribution < -0.4 is 16.0 Å². The topological polar surface area (TPSA) is 96.9 Å². The van der Waals surface area contributed by atoms with Crippen LogP contribution in [0.1, 0.15) is 23.9 Å². The van der Waals surface area contributed by atoms with Gasteiger partial charge in [-0.25, -0.2) is 10.8 Å². The van der Waals surface area contributed by atoms with Gasteiger partial charge < -0.3 is 10.2 Å². The Morgan fingerprint density at radius 2 is 2.00 bits per heavy atom. The van der Waals surface area contributed by atoms with Crippen molar-refractivity contribution in [2.75, 3.05) is 5.43 Å². The van der Waals surface area contributed by atoms with Gasteiger partial charge in [0.1, 0.15) is 17.4 Å². The number of nitrogens with one attached hydrogen (secondary N) is 1. The molecule has 2 rings (SSSR count). The molecule has 0 saturated heterocycles. The summed E-state index contributed by atoms with van der Waals surface area (Å²) in [6, 6.07) is 9.46. The van der Waals surface area contributed by atoms with Crippen LogP contribution in [0.15, 0.2) is 24.3 Å². The van der Waals surface area contributed by atoms with Crippen molar-refractivity contribution in [1.29, 1.82) is 5.26 Å². The number of ether oxygens (including phenoxy) is 1. The summed E-state index contributed by atoms with van der Waals surface area (Å²) in [6.45, 7) is 3.81. The average Bonchev–Trinajstić information content (AvgIpc) is 2.51. The fourth-order valence-electron chi connectivity index (χ4n) is 1.82. The number of hydrogen-bond donors (Lipinski definition) is 2. The highest BCUT2D eigenvalue weighted by Crippen LogP contribution is 2.27. The summed E-state index contributed by atoms with van der Waals surface area (Å²) < 4.78 is 5.80. The molecule has 2 aromatic rings. The van der Waals surface area contributed by atoms with E-state index in [4.69, 9.17) is 15.8 Å². The fraction of sp³-hybridized carbons (Fsp3) is 0.267. The molecule has 1 aromatic carbocycles. The number of hydrazine groups is 1. The SMILES string of the molecule is CCc1nc(NN)c(C)c(Oc2ccc(CC#N)cc2)n1. The van der Waals surface area contributed by atoms with Gasteiger partial charge in [0.2, 0.25) is 5.88 Å². The summed E-state index contributed by atoms with van der Waals surface area (Å²) in [5.41, 5.74) is 4.25. The first-order valence-electron chi connectivity index (χ1n) is 6.65. The molecule has 0 spiro atoms. The van der Waals surface area contributed by atoms with E-state index in [1.54, 1.807) is 0 Å². The van der Waals surface area contributed by atoms with Gasteiger partial charge in [0.15, 0.2) is 0 Å². The van der Waals surface area contributed by atoms with Crippen molar-refractivity contribution in [2.45, 2.75) is 26.7 Å². The van der Waals surface area contributed by atoms with Gasteiger partial charge in [-0.05, 0) is 24.6 Å². The molecular weight excluding hydrogens is 266 g/mol. The minimum atomic E-state index is 0.383. The molecule has 108 valence electrons. The Hall–Kier alpha value is -2.65. The highest BCUT2D eigenvalue weighted by molar-refractivity contribution is 5.48. The molecule has 0 radical (unpaired) electrons. The van der Waals surface area contributed by atoms with Crippen LogP contribution in [-0.4, -0.2) is 9.97 Å². The van der Waals surface area contributed by atoms with Crippen LogP contribution in [0.3, 0.4) is 0 Å². The summed E-state index contributed by atoms with van der Waals surface area (Å²) in [6.07, 6.45) is 1.07. The smallest absolute Gasteiger partial charge is 0.227 e. The van der Waals surface area contributed by atoms with Crippen molar-refractivity contribution in [3.05, 3.63) is 41.2 Å². The van der Waals surface area contributed by atoms with Crippen molar-refractivity contribution in [1.82, 2.24) is 9.97 Å². The highest BCUT2D eigenvalue weighted by atomic mass is 16.5. The molecule has 0 amide bonds. The van der Waals surface area contributed by atoms with Crippen molar-refractivity contribution < 1.29 is 4.74 Å². The zero-order valence-electron chi connectivity index (χ0n) is 12.1. The van der Waals surface area contributed by atoms with Gasteiger partial charge in [-0.1, -0.05) is 19.1 Å². The monoisotopic (exact) mass is 283 g/mol. The largest absolute Gasteiger partial charge is 0.439 e. The number of benzene rings is 1. The van der Waals surface area contributed by atoms with E-state index in [2.05, 4.69) is 21.5 Å². The molecule has 0 aliphatic heterocycles. The summed E-state index contributed by atoms with van der Waals surface area (Å²) in [5.74, 6) is 7.80. The second-order valence-electron chi connectivity index (χ2n) is 4.50. The second kappa shape index (κ2) is 6.68. The second-order valence-corrected chi connectivity index (χ2v) is 4.50. The maximum atomic E-state index is 8.66. The average molecular weight is 283 g/mol. The lowest BCUT2D eigenvalue weighted by molar-refractivity contribution is 0.455. The fourth-order valence-corrected chi connectivity index (χ4v) is 1.82. The summed E-state index contributed by atoms with van der Waals surface area (Å²) in [5, 5.41) is 8.66. The zero-order chi connectivity index (χ0) is 15.2. The first-order chi connectivity index (χ1) is 10.2. The van der Waals surface area contributed by atoms with E-state index in [1.807, 2.05) is 38.1 Å². The van der Waals surface area contributed by atoms with Gasteiger partial charge in [0.05, 0.1) is 18.1 Å². The number of aromatic nitrogens is 2. The molecule has 6 nitrogen and oxygen atoms in total. The minimum Gasteiger partial charge on any atom is -0.439 e. The van der Waals surface area contributed by atoms with Crippen molar-refractivity contribution in [2.24, 2.45) is 5.84 Å². The van der Waals surface area contributed by atoms with Gasteiger partial charge in [-0.2, -0.15) is 10.2 Å². The number of rotatable bonds is 5. The number of anilines is 1. The number of hydrogen-bond acceptors (Lipinski definition) is 6. The first-order valence-corrected chi connectivity index (χ1v) is 6.65. The molecule has 1 aromatic heterocycles. The lowest BCUT2D eigenvalue weighted by Gasteiger charge is -2.12. The van der Waals surface area contributed by atoms with E-state index in [0.29, 0.717) is 36.1 Å². The van der Waals surface area contributed by atoms with E-state index in [-0.39, 0.29) is 0 Å². The van der Waals surface area contributed by atoms with E-state index in [1.165, 1.54) is 0 Å². The Kier molecular flexibility index (Phi) is 4.69. The maximum Gasteiger partial charge on any atom is 0.227 e. The summed E-state index contributed by atoms with van der Waals surface area (Å²) in [7, 11) is 0. The number of nitrogens with two attached hydrogens (primary N) is 1. The summed E-state index contributed by atoms with van der Waals surface area (Å²) in [4.78, 5) is 8.66. The molecule has 21 heavy (non-hydrogen) atoms. The molecule has 0 saturated carbocycles. The van der Waals surface area contributed by atoms with Crippen LogP contribution in [0.5, 0.6) is 11.6 Å². The Labute approximate surface area is 123 Å². The molecule has 0 atom stereocenters. The number of nitriles is 1. The van der Waals surface area contributed by atoms with Crippen LogP contribution in [0, 0.1) is 18.3 Å². The van der Waals surface area contributed by atoms with Crippen molar-refractivity contribution in [3.63, 3.8) is 0 Å². The lowest BCUT2D eigenvalue weighted by atomic mass is 10.2. The molecule has 6 heteroatoms. The standard InChI is InChI=1S/C15H17N5O/c1-3-13-18-14(20-17)10(2)15(19-13)21-12-6-4-11(5-7-12)8-9-16/h4-7H,3,8,17H2,1-2H3,(H,18,19,20). The van der Waals surface area contributed by atoms with E-state index < -0.39 is 0 Å². The quantitative estimate of drug-likeness (QED) is 0.646. The predicted octanol–water partition coefficient (Wildman–Crippen LogP) is 2.49. The van der Waals surface area contributed by atoms with E-state index in [0.717, 1.165) is 11.1 Å². The first kappa shape index (κ1) is 14.8. The predicted molar refractivity (Wildman–Crippen MR) is 79.8 cm³/mol. The van der Waals surface area contributed by atoms with Gasteiger partial charge in [0, 0.05) is 6.42 Å². The molecule has 0 unspecified atom stereocenters. The minimum absolute atomic E-state index is 0.383. The van der Waals surface area contributed by atoms with E-state index >= 15 is 0 Å². The number of nitrogen functional groups attached to an aromatic ring is 1. The maximum absolute atomic E-state index is 8.66. The third kappa shape index (κ3) is 3.46. The van der Waals surface area contributed by atoms with Crippen LogP contribution in [0.25, 0.3) is 0 Å². The number of aryl methyl sites for hydroxylation is 1. The number of nitrogens with zero attached hydrogens (tertiary/aromatic N) is 3. The lowest BCUT2D eigenvalue weighted by Crippen LogP contribution is -2.13. The van der Waals surface area contributed by atoms with Gasteiger partial charge >= 0.3 is 0 Å².